The standard InChI is InChI=1S/C22H22Cl2FN5OS/c23-17-5-4-6-18(21(17)24)26-20(31)14-32-22-28-27-19(13-29-11-2-1-3-12-29)30(22)16-9-7-15(25)8-10-16/h4-10H,1-3,11-14H2,(H,26,31). The molecule has 1 amide bonds. The van der Waals surface area contributed by atoms with Crippen molar-refractivity contribution in [2.24, 2.45) is 0 Å². The van der Waals surface area contributed by atoms with Gasteiger partial charge in [-0.2, -0.15) is 0 Å². The Bertz CT molecular complexity index is 1090. The van der Waals surface area contributed by atoms with Gasteiger partial charge in [-0.25, -0.2) is 4.39 Å². The zero-order valence-electron chi connectivity index (χ0n) is 17.2. The minimum absolute atomic E-state index is 0.103. The van der Waals surface area contributed by atoms with E-state index in [4.69, 9.17) is 23.2 Å². The third-order valence-corrected chi connectivity index (χ3v) is 6.90. The first-order valence-electron chi connectivity index (χ1n) is 10.3. The van der Waals surface area contributed by atoms with Gasteiger partial charge in [0.05, 0.1) is 28.0 Å². The van der Waals surface area contributed by atoms with Gasteiger partial charge in [0.2, 0.25) is 5.91 Å². The highest BCUT2D eigenvalue weighted by atomic mass is 35.5. The molecule has 0 saturated carbocycles. The number of hydrogen-bond acceptors (Lipinski definition) is 5. The Hall–Kier alpha value is -2.13. The molecule has 0 unspecified atom stereocenters. The van der Waals surface area contributed by atoms with E-state index in [1.807, 2.05) is 4.57 Å². The first-order valence-corrected chi connectivity index (χ1v) is 12.0. The van der Waals surface area contributed by atoms with Gasteiger partial charge in [-0.05, 0) is 62.3 Å². The molecule has 168 valence electrons. The summed E-state index contributed by atoms with van der Waals surface area (Å²) in [4.78, 5) is 14.9. The van der Waals surface area contributed by atoms with Crippen molar-refractivity contribution in [3.05, 3.63) is 64.2 Å². The van der Waals surface area contributed by atoms with E-state index >= 15 is 0 Å². The molecule has 10 heteroatoms. The fourth-order valence-electron chi connectivity index (χ4n) is 3.58. The van der Waals surface area contributed by atoms with Crippen molar-refractivity contribution in [1.29, 1.82) is 0 Å². The Morgan fingerprint density at radius 3 is 2.56 bits per heavy atom. The van der Waals surface area contributed by atoms with Gasteiger partial charge < -0.3 is 5.32 Å². The van der Waals surface area contributed by atoms with Crippen LogP contribution in [0.2, 0.25) is 10.0 Å². The summed E-state index contributed by atoms with van der Waals surface area (Å²) in [6, 6.07) is 11.3. The molecule has 1 aliphatic rings. The number of likely N-dealkylation sites (tertiary alicyclic amines) is 1. The topological polar surface area (TPSA) is 63.1 Å². The SMILES string of the molecule is O=C(CSc1nnc(CN2CCCCC2)n1-c1ccc(F)cc1)Nc1cccc(Cl)c1Cl. The van der Waals surface area contributed by atoms with E-state index in [-0.39, 0.29) is 17.5 Å². The first kappa shape index (κ1) is 23.0. The molecule has 6 nitrogen and oxygen atoms in total. The van der Waals surface area contributed by atoms with Crippen molar-refractivity contribution in [2.75, 3.05) is 24.2 Å². The Balaban J connectivity index is 1.51. The molecule has 0 atom stereocenters. The van der Waals surface area contributed by atoms with Crippen LogP contribution in [0.1, 0.15) is 25.1 Å². The molecule has 3 aromatic rings. The fourth-order valence-corrected chi connectivity index (χ4v) is 4.70. The van der Waals surface area contributed by atoms with Crippen molar-refractivity contribution in [3.8, 4) is 5.69 Å². The van der Waals surface area contributed by atoms with Crippen LogP contribution in [0.3, 0.4) is 0 Å². The zero-order valence-corrected chi connectivity index (χ0v) is 19.6. The van der Waals surface area contributed by atoms with Gasteiger partial charge >= 0.3 is 0 Å². The third-order valence-electron chi connectivity index (χ3n) is 5.16. The number of nitrogens with zero attached hydrogens (tertiary/aromatic N) is 4. The number of nitrogens with one attached hydrogen (secondary N) is 1. The van der Waals surface area contributed by atoms with Gasteiger partial charge in [-0.3, -0.25) is 14.3 Å². The van der Waals surface area contributed by atoms with Gasteiger partial charge in [0, 0.05) is 5.69 Å². The number of benzene rings is 2. The number of anilines is 1. The second kappa shape index (κ2) is 10.7. The van der Waals surface area contributed by atoms with Crippen molar-refractivity contribution in [3.63, 3.8) is 0 Å². The van der Waals surface area contributed by atoms with E-state index in [1.54, 1.807) is 30.3 Å². The maximum Gasteiger partial charge on any atom is 0.234 e. The van der Waals surface area contributed by atoms with Crippen molar-refractivity contribution in [1.82, 2.24) is 19.7 Å². The monoisotopic (exact) mass is 493 g/mol. The summed E-state index contributed by atoms with van der Waals surface area (Å²) in [5, 5.41) is 12.7. The van der Waals surface area contributed by atoms with E-state index < -0.39 is 0 Å². The minimum atomic E-state index is -0.314. The van der Waals surface area contributed by atoms with Crippen molar-refractivity contribution in [2.45, 2.75) is 31.0 Å². The van der Waals surface area contributed by atoms with Crippen LogP contribution in [0.4, 0.5) is 10.1 Å². The van der Waals surface area contributed by atoms with Gasteiger partial charge in [0.25, 0.3) is 0 Å². The van der Waals surface area contributed by atoms with Crippen molar-refractivity contribution >= 4 is 46.6 Å². The second-order valence-electron chi connectivity index (χ2n) is 7.49. The average Bonchev–Trinajstić information content (AvgIpc) is 3.19. The Kier molecular flexibility index (Phi) is 7.67. The molecule has 4 rings (SSSR count). The van der Waals surface area contributed by atoms with Crippen LogP contribution in [0.5, 0.6) is 0 Å². The Morgan fingerprint density at radius 1 is 1.06 bits per heavy atom. The number of aromatic nitrogens is 3. The number of rotatable bonds is 7. The summed E-state index contributed by atoms with van der Waals surface area (Å²) >= 11 is 13.4. The first-order chi connectivity index (χ1) is 15.5. The number of halogens is 3. The molecule has 1 N–H and O–H groups in total. The van der Waals surface area contributed by atoms with Crippen LogP contribution in [-0.4, -0.2) is 44.4 Å². The lowest BCUT2D eigenvalue weighted by atomic mass is 10.1. The molecule has 0 aliphatic carbocycles. The zero-order chi connectivity index (χ0) is 22.5. The van der Waals surface area contributed by atoms with E-state index in [9.17, 15) is 9.18 Å². The van der Waals surface area contributed by atoms with Crippen LogP contribution in [-0.2, 0) is 11.3 Å². The highest BCUT2D eigenvalue weighted by Gasteiger charge is 2.20. The molecule has 0 spiro atoms. The lowest BCUT2D eigenvalue weighted by Gasteiger charge is -2.26. The molecular formula is C22H22Cl2FN5OS. The Morgan fingerprint density at radius 2 is 1.81 bits per heavy atom. The predicted molar refractivity (Wildman–Crippen MR) is 126 cm³/mol. The summed E-state index contributed by atoms with van der Waals surface area (Å²) in [7, 11) is 0. The van der Waals surface area contributed by atoms with E-state index in [0.29, 0.717) is 27.4 Å². The molecule has 1 saturated heterocycles. The lowest BCUT2D eigenvalue weighted by molar-refractivity contribution is -0.113. The highest BCUT2D eigenvalue weighted by molar-refractivity contribution is 7.99. The molecule has 0 radical (unpaired) electrons. The molecule has 2 aromatic carbocycles. The summed E-state index contributed by atoms with van der Waals surface area (Å²) in [5.74, 6) is 0.308. The lowest BCUT2D eigenvalue weighted by Crippen LogP contribution is -2.30. The van der Waals surface area contributed by atoms with Gasteiger partial charge in [0.1, 0.15) is 5.82 Å². The number of piperidine rings is 1. The average molecular weight is 494 g/mol. The quantitative estimate of drug-likeness (QED) is 0.444. The van der Waals surface area contributed by atoms with Crippen LogP contribution >= 0.6 is 35.0 Å². The molecule has 0 bridgehead atoms. The summed E-state index contributed by atoms with van der Waals surface area (Å²) in [6.45, 7) is 2.68. The van der Waals surface area contributed by atoms with Gasteiger partial charge in [-0.1, -0.05) is 47.5 Å². The van der Waals surface area contributed by atoms with Gasteiger partial charge in [-0.15, -0.1) is 10.2 Å². The van der Waals surface area contributed by atoms with Crippen LogP contribution in [0.25, 0.3) is 5.69 Å². The minimum Gasteiger partial charge on any atom is -0.324 e. The fraction of sp³-hybridized carbons (Fsp3) is 0.318. The molecule has 2 heterocycles. The van der Waals surface area contributed by atoms with Gasteiger partial charge in [0.15, 0.2) is 11.0 Å². The third kappa shape index (κ3) is 5.61. The normalized spacial score (nSPS) is 14.5. The van der Waals surface area contributed by atoms with Crippen LogP contribution in [0, 0.1) is 5.82 Å². The van der Waals surface area contributed by atoms with Crippen LogP contribution < -0.4 is 5.32 Å². The number of amides is 1. The molecular weight excluding hydrogens is 472 g/mol. The molecule has 32 heavy (non-hydrogen) atoms. The molecule has 1 aromatic heterocycles. The summed E-state index contributed by atoms with van der Waals surface area (Å²) in [5.41, 5.74) is 1.21. The number of carbonyl (C=O) groups is 1. The summed E-state index contributed by atoms with van der Waals surface area (Å²) in [6.07, 6.45) is 3.57. The van der Waals surface area contributed by atoms with E-state index in [2.05, 4.69) is 20.4 Å². The van der Waals surface area contributed by atoms with E-state index in [1.165, 1.54) is 43.2 Å². The maximum atomic E-state index is 13.5. The largest absolute Gasteiger partial charge is 0.324 e. The van der Waals surface area contributed by atoms with Crippen LogP contribution in [0.15, 0.2) is 47.6 Å². The van der Waals surface area contributed by atoms with E-state index in [0.717, 1.165) is 24.6 Å². The smallest absolute Gasteiger partial charge is 0.234 e. The number of carbonyl (C=O) groups excluding carboxylic acids is 1. The second-order valence-corrected chi connectivity index (χ2v) is 9.21. The number of hydrogen-bond donors (Lipinski definition) is 1. The predicted octanol–water partition coefficient (Wildman–Crippen LogP) is 5.43. The molecule has 1 aliphatic heterocycles. The Labute approximate surface area is 200 Å². The molecule has 1 fully saturated rings. The highest BCUT2D eigenvalue weighted by Crippen LogP contribution is 2.30. The maximum absolute atomic E-state index is 13.5. The number of thioether (sulfide) groups is 1. The summed E-state index contributed by atoms with van der Waals surface area (Å²) < 4.78 is 15.4. The van der Waals surface area contributed by atoms with Crippen molar-refractivity contribution < 1.29 is 9.18 Å².